The molecular formula is C26H27N2NaO6S. The van der Waals surface area contributed by atoms with Crippen LogP contribution in [0.2, 0.25) is 0 Å². The number of fused-ring (bicyclic) bond motifs is 2. The molecule has 2 aliphatic heterocycles. The standard InChI is InChI=1S/C26H26N2O6S.Na.H/c1-26(2)20(24(31)32)28-22(30)19(23(28)35-26)27-21(29)18(15-7-4-3-5-8-15)25(33)34-17-12-11-14-9-6-10-16(14)13-17;;/h3-5,7-8,11-13,18-20,23H,6,9-10H2,1-2H3,(H,27,29)(H,31,32);;/q;+1;-1/t18?,19-,20+,23-;;/m1../s1. The molecular weight excluding hydrogens is 491 g/mol. The minimum atomic E-state index is -1.28. The number of hydrogen-bond donors (Lipinski definition) is 2. The Bertz CT molecular complexity index is 1230. The number of esters is 1. The third-order valence-corrected chi connectivity index (χ3v) is 8.46. The maximum Gasteiger partial charge on any atom is 1.00 e. The second kappa shape index (κ2) is 10.2. The average Bonchev–Trinajstić information content (AvgIpc) is 3.38. The molecule has 2 fully saturated rings. The van der Waals surface area contributed by atoms with Crippen LogP contribution in [0, 0.1) is 0 Å². The molecule has 4 atom stereocenters. The number of nitrogens with zero attached hydrogens (tertiary/aromatic N) is 1. The Kier molecular flexibility index (Phi) is 7.57. The van der Waals surface area contributed by atoms with Crippen molar-refractivity contribution in [2.45, 2.75) is 61.2 Å². The van der Waals surface area contributed by atoms with Gasteiger partial charge in [0, 0.05) is 4.75 Å². The van der Waals surface area contributed by atoms with E-state index in [1.165, 1.54) is 22.2 Å². The quantitative estimate of drug-likeness (QED) is 0.176. The predicted molar refractivity (Wildman–Crippen MR) is 130 cm³/mol. The zero-order chi connectivity index (χ0) is 24.9. The smallest absolute Gasteiger partial charge is 1.00 e. The van der Waals surface area contributed by atoms with E-state index >= 15 is 0 Å². The summed E-state index contributed by atoms with van der Waals surface area (Å²) in [6, 6.07) is 12.2. The molecule has 8 nitrogen and oxygen atoms in total. The van der Waals surface area contributed by atoms with Crippen molar-refractivity contribution >= 4 is 35.5 Å². The van der Waals surface area contributed by atoms with Gasteiger partial charge in [-0.15, -0.1) is 11.8 Å². The molecule has 2 N–H and O–H groups in total. The number of β-lactam (4-membered cyclic amide) rings is 1. The number of carbonyl (C=O) groups excluding carboxylic acids is 3. The maximum absolute atomic E-state index is 13.4. The van der Waals surface area contributed by atoms with Gasteiger partial charge in [0.25, 0.3) is 0 Å². The Morgan fingerprint density at radius 2 is 1.83 bits per heavy atom. The van der Waals surface area contributed by atoms with Gasteiger partial charge < -0.3 is 21.5 Å². The summed E-state index contributed by atoms with van der Waals surface area (Å²) in [5, 5.41) is 11.8. The molecule has 10 heteroatoms. The Balaban J connectivity index is 0.00000190. The van der Waals surface area contributed by atoms with Crippen molar-refractivity contribution in [3.05, 3.63) is 65.2 Å². The molecule has 0 saturated carbocycles. The van der Waals surface area contributed by atoms with Gasteiger partial charge in [-0.25, -0.2) is 4.79 Å². The summed E-state index contributed by atoms with van der Waals surface area (Å²) in [5.74, 6) is -3.83. The fraction of sp³-hybridized carbons (Fsp3) is 0.385. The van der Waals surface area contributed by atoms with Crippen LogP contribution in [0.3, 0.4) is 0 Å². The van der Waals surface area contributed by atoms with Crippen molar-refractivity contribution in [1.82, 2.24) is 10.2 Å². The number of carboxylic acid groups (broad SMARTS) is 1. The number of carboxylic acids is 1. The van der Waals surface area contributed by atoms with Crippen molar-refractivity contribution in [1.29, 1.82) is 0 Å². The third kappa shape index (κ3) is 4.69. The van der Waals surface area contributed by atoms with Crippen molar-refractivity contribution in [3.63, 3.8) is 0 Å². The van der Waals surface area contributed by atoms with Crippen LogP contribution in [0.1, 0.15) is 44.3 Å². The molecule has 1 unspecified atom stereocenters. The largest absolute Gasteiger partial charge is 1.00 e. The molecule has 2 aromatic rings. The SMILES string of the molecule is CC1(C)S[C@@H]2[C@H](NC(=O)C(C(=O)Oc3ccc4c(c3)CCC4)c3ccccc3)C(=O)N2[C@H]1C(=O)O.[H-].[Na+]. The number of benzene rings is 2. The monoisotopic (exact) mass is 518 g/mol. The van der Waals surface area contributed by atoms with E-state index in [9.17, 15) is 24.3 Å². The van der Waals surface area contributed by atoms with Gasteiger partial charge in [-0.05, 0) is 61.9 Å². The molecule has 36 heavy (non-hydrogen) atoms. The molecule has 0 bridgehead atoms. The van der Waals surface area contributed by atoms with Crippen molar-refractivity contribution in [2.75, 3.05) is 0 Å². The van der Waals surface area contributed by atoms with Crippen LogP contribution in [0.5, 0.6) is 5.75 Å². The van der Waals surface area contributed by atoms with Crippen LogP contribution < -0.4 is 39.6 Å². The molecule has 0 radical (unpaired) electrons. The van der Waals surface area contributed by atoms with Crippen molar-refractivity contribution in [3.8, 4) is 5.75 Å². The first-order valence-corrected chi connectivity index (χ1v) is 12.5. The topological polar surface area (TPSA) is 113 Å². The fourth-order valence-corrected chi connectivity index (χ4v) is 6.83. The van der Waals surface area contributed by atoms with E-state index in [1.807, 2.05) is 12.1 Å². The summed E-state index contributed by atoms with van der Waals surface area (Å²) >= 11 is 1.33. The summed E-state index contributed by atoms with van der Waals surface area (Å²) in [5.41, 5.74) is 2.83. The Morgan fingerprint density at radius 1 is 1.14 bits per heavy atom. The van der Waals surface area contributed by atoms with Gasteiger partial charge in [-0.1, -0.05) is 36.4 Å². The van der Waals surface area contributed by atoms with Gasteiger partial charge in [0.05, 0.1) is 0 Å². The fourth-order valence-electron chi connectivity index (χ4n) is 5.21. The van der Waals surface area contributed by atoms with Crippen LogP contribution >= 0.6 is 11.8 Å². The van der Waals surface area contributed by atoms with Gasteiger partial charge in [0.2, 0.25) is 11.8 Å². The Labute approximate surface area is 236 Å². The van der Waals surface area contributed by atoms with Crippen LogP contribution in [0.4, 0.5) is 0 Å². The summed E-state index contributed by atoms with van der Waals surface area (Å²) in [6.45, 7) is 3.53. The number of carbonyl (C=O) groups is 4. The number of rotatable bonds is 6. The van der Waals surface area contributed by atoms with Gasteiger partial charge in [0.15, 0.2) is 5.92 Å². The molecule has 1 aliphatic carbocycles. The zero-order valence-corrected chi connectivity index (χ0v) is 23.2. The predicted octanol–water partition coefficient (Wildman–Crippen LogP) is -0.387. The van der Waals surface area contributed by atoms with Gasteiger partial charge in [-0.3, -0.25) is 14.4 Å². The Hall–Kier alpha value is -2.33. The van der Waals surface area contributed by atoms with E-state index < -0.39 is 51.9 Å². The molecule has 3 aliphatic rings. The Morgan fingerprint density at radius 3 is 2.53 bits per heavy atom. The molecule has 0 aromatic heterocycles. The van der Waals surface area contributed by atoms with Crippen molar-refractivity contribution < 1.29 is 60.0 Å². The molecule has 184 valence electrons. The average molecular weight is 519 g/mol. The van der Waals surface area contributed by atoms with E-state index in [0.717, 1.165) is 24.8 Å². The number of nitrogens with one attached hydrogen (secondary N) is 1. The second-order valence-corrected chi connectivity index (χ2v) is 11.4. The first-order chi connectivity index (χ1) is 16.7. The van der Waals surface area contributed by atoms with Crippen LogP contribution in [-0.2, 0) is 32.0 Å². The van der Waals surface area contributed by atoms with Crippen LogP contribution in [-0.4, -0.2) is 56.0 Å². The molecule has 5 rings (SSSR count). The summed E-state index contributed by atoms with van der Waals surface area (Å²) in [7, 11) is 0. The maximum atomic E-state index is 13.4. The van der Waals surface area contributed by atoms with E-state index in [2.05, 4.69) is 5.32 Å². The number of hydrogen-bond acceptors (Lipinski definition) is 6. The van der Waals surface area contributed by atoms with Crippen LogP contribution in [0.25, 0.3) is 0 Å². The number of aliphatic carboxylic acids is 1. The number of amides is 2. The molecule has 2 amide bonds. The first kappa shape index (κ1) is 26.7. The summed E-state index contributed by atoms with van der Waals surface area (Å²) in [6.07, 6.45) is 2.99. The van der Waals surface area contributed by atoms with Gasteiger partial charge in [-0.2, -0.15) is 0 Å². The summed E-state index contributed by atoms with van der Waals surface area (Å²) < 4.78 is 4.92. The van der Waals surface area contributed by atoms with Gasteiger partial charge >= 0.3 is 41.5 Å². The second-order valence-electron chi connectivity index (χ2n) is 9.63. The van der Waals surface area contributed by atoms with E-state index in [1.54, 1.807) is 50.2 Å². The third-order valence-electron chi connectivity index (χ3n) is 6.89. The number of thioether (sulfide) groups is 1. The number of aryl methyl sites for hydroxylation is 2. The molecule has 0 spiro atoms. The molecule has 2 heterocycles. The summed E-state index contributed by atoms with van der Waals surface area (Å²) in [4.78, 5) is 52.5. The van der Waals surface area contributed by atoms with E-state index in [0.29, 0.717) is 11.3 Å². The van der Waals surface area contributed by atoms with E-state index in [-0.39, 0.29) is 31.0 Å². The van der Waals surface area contributed by atoms with E-state index in [4.69, 9.17) is 4.74 Å². The normalized spacial score (nSPS) is 24.0. The van der Waals surface area contributed by atoms with Crippen molar-refractivity contribution in [2.24, 2.45) is 0 Å². The van der Waals surface area contributed by atoms with Gasteiger partial charge in [0.1, 0.15) is 23.2 Å². The first-order valence-electron chi connectivity index (χ1n) is 11.6. The molecule has 2 aromatic carbocycles. The number of ether oxygens (including phenoxy) is 1. The molecule has 2 saturated heterocycles. The minimum Gasteiger partial charge on any atom is -1.00 e. The van der Waals surface area contributed by atoms with Crippen LogP contribution in [0.15, 0.2) is 48.5 Å². The minimum absolute atomic E-state index is 0. The zero-order valence-electron chi connectivity index (χ0n) is 21.4.